The molecular weight excluding hydrogens is 413 g/mol. The number of carbonyl (C=O) groups excluding carboxylic acids is 1. The van der Waals surface area contributed by atoms with Gasteiger partial charge in [-0.25, -0.2) is 0 Å². The van der Waals surface area contributed by atoms with Crippen LogP contribution >= 0.6 is 11.8 Å². The molecule has 2 aliphatic rings. The Morgan fingerprint density at radius 1 is 1.27 bits per heavy atom. The van der Waals surface area contributed by atoms with Crippen molar-refractivity contribution >= 4 is 23.4 Å². The SMILES string of the molecule is CCCN1CCOC[C@H]1C(=O)Nc1cc(C(F)(F)F)cc2c1Cc1ccccc1S2. The van der Waals surface area contributed by atoms with E-state index in [1.165, 1.54) is 17.8 Å². The summed E-state index contributed by atoms with van der Waals surface area (Å²) in [4.78, 5) is 16.5. The van der Waals surface area contributed by atoms with Crippen molar-refractivity contribution < 1.29 is 22.7 Å². The number of alkyl halides is 3. The molecule has 0 radical (unpaired) electrons. The lowest BCUT2D eigenvalue weighted by molar-refractivity contribution is -0.137. The van der Waals surface area contributed by atoms with Crippen molar-refractivity contribution in [2.45, 2.75) is 41.8 Å². The highest BCUT2D eigenvalue weighted by Crippen LogP contribution is 2.45. The molecule has 1 fully saturated rings. The van der Waals surface area contributed by atoms with E-state index < -0.39 is 17.8 Å². The molecule has 30 heavy (non-hydrogen) atoms. The van der Waals surface area contributed by atoms with Crippen LogP contribution in [0.2, 0.25) is 0 Å². The summed E-state index contributed by atoms with van der Waals surface area (Å²) >= 11 is 1.31. The molecule has 8 heteroatoms. The maximum atomic E-state index is 13.5. The molecule has 0 aromatic heterocycles. The predicted molar refractivity (Wildman–Crippen MR) is 110 cm³/mol. The number of morpholine rings is 1. The number of fused-ring (bicyclic) bond motifs is 2. The minimum atomic E-state index is -4.49. The minimum Gasteiger partial charge on any atom is -0.378 e. The number of nitrogens with one attached hydrogen (secondary N) is 1. The fraction of sp³-hybridized carbons (Fsp3) is 0.409. The Bertz CT molecular complexity index is 946. The van der Waals surface area contributed by atoms with Crippen LogP contribution in [0.4, 0.5) is 18.9 Å². The lowest BCUT2D eigenvalue weighted by Crippen LogP contribution is -2.52. The van der Waals surface area contributed by atoms with E-state index in [2.05, 4.69) is 5.32 Å². The van der Waals surface area contributed by atoms with Crippen LogP contribution in [-0.2, 0) is 22.1 Å². The summed E-state index contributed by atoms with van der Waals surface area (Å²) in [6, 6.07) is 9.38. The van der Waals surface area contributed by atoms with E-state index in [9.17, 15) is 18.0 Å². The first-order chi connectivity index (χ1) is 14.4. The normalized spacial score (nSPS) is 19.1. The van der Waals surface area contributed by atoms with Crippen molar-refractivity contribution in [3.63, 3.8) is 0 Å². The summed E-state index contributed by atoms with van der Waals surface area (Å²) in [6.07, 6.45) is -3.13. The highest BCUT2D eigenvalue weighted by molar-refractivity contribution is 7.99. The van der Waals surface area contributed by atoms with E-state index in [1.54, 1.807) is 0 Å². The predicted octanol–water partition coefficient (Wildman–Crippen LogP) is 4.81. The highest BCUT2D eigenvalue weighted by atomic mass is 32.2. The molecule has 1 saturated heterocycles. The Morgan fingerprint density at radius 3 is 2.83 bits per heavy atom. The van der Waals surface area contributed by atoms with Crippen molar-refractivity contribution in [3.05, 3.63) is 53.1 Å². The molecule has 0 saturated carbocycles. The van der Waals surface area contributed by atoms with Crippen molar-refractivity contribution in [1.82, 2.24) is 4.90 Å². The Balaban J connectivity index is 1.68. The molecule has 2 aromatic carbocycles. The molecule has 2 aromatic rings. The van der Waals surface area contributed by atoms with Gasteiger partial charge in [-0.1, -0.05) is 36.9 Å². The van der Waals surface area contributed by atoms with E-state index in [-0.39, 0.29) is 18.2 Å². The van der Waals surface area contributed by atoms with Crippen molar-refractivity contribution in [3.8, 4) is 0 Å². The quantitative estimate of drug-likeness (QED) is 0.637. The molecule has 0 spiro atoms. The summed E-state index contributed by atoms with van der Waals surface area (Å²) in [5, 5.41) is 2.80. The largest absolute Gasteiger partial charge is 0.416 e. The van der Waals surface area contributed by atoms with Gasteiger partial charge >= 0.3 is 6.18 Å². The second-order valence-corrected chi connectivity index (χ2v) is 8.58. The molecule has 0 aliphatic carbocycles. The highest BCUT2D eigenvalue weighted by Gasteiger charge is 2.35. The fourth-order valence-electron chi connectivity index (χ4n) is 3.90. The van der Waals surface area contributed by atoms with Crippen LogP contribution in [0, 0.1) is 0 Å². The van der Waals surface area contributed by atoms with Crippen LogP contribution in [0.25, 0.3) is 0 Å². The third-order valence-corrected chi connectivity index (χ3v) is 6.61. The Kier molecular flexibility index (Phi) is 6.09. The molecule has 0 bridgehead atoms. The average Bonchev–Trinajstić information content (AvgIpc) is 2.72. The third kappa shape index (κ3) is 4.36. The van der Waals surface area contributed by atoms with Crippen LogP contribution in [0.5, 0.6) is 0 Å². The standard InChI is InChI=1S/C22H23F3N2O2S/c1-2-7-27-8-9-29-13-18(27)21(28)26-17-11-15(22(23,24)25)12-20-16(17)10-14-5-3-4-6-19(14)30-20/h3-6,11-12,18H,2,7-10,13H2,1H3,(H,26,28)/t18-/m0/s1. The number of benzene rings is 2. The number of halogens is 3. The summed E-state index contributed by atoms with van der Waals surface area (Å²) in [5.41, 5.74) is 1.24. The lowest BCUT2D eigenvalue weighted by Gasteiger charge is -2.34. The number of nitrogens with zero attached hydrogens (tertiary/aromatic N) is 1. The van der Waals surface area contributed by atoms with E-state index in [0.717, 1.165) is 35.1 Å². The van der Waals surface area contributed by atoms with Gasteiger partial charge in [-0.15, -0.1) is 0 Å². The lowest BCUT2D eigenvalue weighted by atomic mass is 9.99. The van der Waals surface area contributed by atoms with Crippen LogP contribution in [-0.4, -0.2) is 43.2 Å². The van der Waals surface area contributed by atoms with E-state index in [1.807, 2.05) is 36.1 Å². The fourth-order valence-corrected chi connectivity index (χ4v) is 5.05. The van der Waals surface area contributed by atoms with Gasteiger partial charge in [0.25, 0.3) is 0 Å². The Hall–Kier alpha value is -2.03. The number of ether oxygens (including phenoxy) is 1. The van der Waals surface area contributed by atoms with Gasteiger partial charge in [-0.3, -0.25) is 9.69 Å². The van der Waals surface area contributed by atoms with Gasteiger partial charge in [0, 0.05) is 28.4 Å². The first kappa shape index (κ1) is 21.2. The topological polar surface area (TPSA) is 41.6 Å². The second-order valence-electron chi connectivity index (χ2n) is 7.50. The molecule has 1 atom stereocenters. The zero-order valence-electron chi connectivity index (χ0n) is 16.6. The molecule has 160 valence electrons. The average molecular weight is 436 g/mol. The molecule has 4 nitrogen and oxygen atoms in total. The number of carbonyl (C=O) groups is 1. The first-order valence-electron chi connectivity index (χ1n) is 9.99. The van der Waals surface area contributed by atoms with Gasteiger partial charge < -0.3 is 10.1 Å². The van der Waals surface area contributed by atoms with E-state index >= 15 is 0 Å². The summed E-state index contributed by atoms with van der Waals surface area (Å²) < 4.78 is 46.1. The monoisotopic (exact) mass is 436 g/mol. The summed E-state index contributed by atoms with van der Waals surface area (Å²) in [6.45, 7) is 4.20. The zero-order chi connectivity index (χ0) is 21.3. The zero-order valence-corrected chi connectivity index (χ0v) is 17.4. The molecule has 2 aliphatic heterocycles. The van der Waals surface area contributed by atoms with Gasteiger partial charge in [-0.2, -0.15) is 13.2 Å². The van der Waals surface area contributed by atoms with Gasteiger partial charge in [0.1, 0.15) is 6.04 Å². The molecule has 4 rings (SSSR count). The van der Waals surface area contributed by atoms with Crippen LogP contribution < -0.4 is 5.32 Å². The molecular formula is C22H23F3N2O2S. The smallest absolute Gasteiger partial charge is 0.378 e. The Morgan fingerprint density at radius 2 is 2.07 bits per heavy atom. The Labute approximate surface area is 177 Å². The number of amides is 1. The van der Waals surface area contributed by atoms with Gasteiger partial charge in [0.2, 0.25) is 5.91 Å². The van der Waals surface area contributed by atoms with Crippen LogP contribution in [0.15, 0.2) is 46.2 Å². The molecule has 1 amide bonds. The van der Waals surface area contributed by atoms with E-state index in [0.29, 0.717) is 24.5 Å². The van der Waals surface area contributed by atoms with Crippen LogP contribution in [0.1, 0.15) is 30.0 Å². The van der Waals surface area contributed by atoms with Gasteiger partial charge in [-0.05, 0) is 42.3 Å². The molecule has 1 N–H and O–H groups in total. The summed E-state index contributed by atoms with van der Waals surface area (Å²) in [7, 11) is 0. The van der Waals surface area contributed by atoms with Gasteiger partial charge in [0.15, 0.2) is 0 Å². The summed E-state index contributed by atoms with van der Waals surface area (Å²) in [5.74, 6) is -0.325. The second kappa shape index (κ2) is 8.61. The third-order valence-electron chi connectivity index (χ3n) is 5.41. The molecule has 2 heterocycles. The number of rotatable bonds is 4. The van der Waals surface area contributed by atoms with E-state index in [4.69, 9.17) is 4.74 Å². The van der Waals surface area contributed by atoms with Crippen LogP contribution in [0.3, 0.4) is 0 Å². The van der Waals surface area contributed by atoms with Crippen molar-refractivity contribution in [2.75, 3.05) is 31.6 Å². The maximum Gasteiger partial charge on any atom is 0.416 e. The van der Waals surface area contributed by atoms with Crippen molar-refractivity contribution in [1.29, 1.82) is 0 Å². The van der Waals surface area contributed by atoms with Crippen molar-refractivity contribution in [2.24, 2.45) is 0 Å². The number of hydrogen-bond acceptors (Lipinski definition) is 4. The molecule has 0 unspecified atom stereocenters. The first-order valence-corrected chi connectivity index (χ1v) is 10.8. The number of hydrogen-bond donors (Lipinski definition) is 1. The maximum absolute atomic E-state index is 13.5. The number of anilines is 1. The minimum absolute atomic E-state index is 0.230. The van der Waals surface area contributed by atoms with Gasteiger partial charge in [0.05, 0.1) is 18.8 Å².